The third-order valence-electron chi connectivity index (χ3n) is 6.82. The van der Waals surface area contributed by atoms with Gasteiger partial charge in [-0.2, -0.15) is 5.10 Å². The van der Waals surface area contributed by atoms with E-state index in [2.05, 4.69) is 22.5 Å². The monoisotopic (exact) mass is 469 g/mol. The Morgan fingerprint density at radius 3 is 2.60 bits per heavy atom. The van der Waals surface area contributed by atoms with E-state index in [9.17, 15) is 9.90 Å². The minimum Gasteiger partial charge on any atom is -0.491 e. The molecule has 3 atom stereocenters. The Hall–Kier alpha value is -3.64. The fourth-order valence-corrected chi connectivity index (χ4v) is 4.98. The molecule has 180 valence electrons. The lowest BCUT2D eigenvalue weighted by Gasteiger charge is -2.19. The molecule has 35 heavy (non-hydrogen) atoms. The fourth-order valence-electron chi connectivity index (χ4n) is 4.98. The molecule has 1 aromatic heterocycles. The van der Waals surface area contributed by atoms with Gasteiger partial charge in [-0.25, -0.2) is 0 Å². The van der Waals surface area contributed by atoms with E-state index in [1.807, 2.05) is 72.9 Å². The zero-order chi connectivity index (χ0) is 24.0. The molecule has 1 heterocycles. The predicted octanol–water partition coefficient (Wildman–Crippen LogP) is 5.07. The molecule has 3 aromatic carbocycles. The molecular weight excluding hydrogens is 438 g/mol. The Balaban J connectivity index is 1.07. The quantitative estimate of drug-likeness (QED) is 0.359. The lowest BCUT2D eigenvalue weighted by atomic mass is 9.95. The standard InChI is InChI=1S/C29H31N3O3/c33-28(20-35-26-7-2-1-3-8-26)23-13-10-22(17-23)16-21-11-14-25(15-12-21)30-29(34)19-32-18-24-6-4-5-9-27(24)31-32/h1-9,11-12,14-15,18,22-23,28,33H,10,13,16-17,19-20H2,(H,30,34)/t22-,23-,28+/m0/s1. The molecular formula is C29H31N3O3. The van der Waals surface area contributed by atoms with Crippen molar-refractivity contribution in [2.75, 3.05) is 11.9 Å². The SMILES string of the molecule is O=C(Cn1cc2ccccc2n1)Nc1ccc(C[C@@H]2CC[C@H]([C@H](O)COc3ccccc3)C2)cc1. The van der Waals surface area contributed by atoms with Gasteiger partial charge in [0.15, 0.2) is 0 Å². The van der Waals surface area contributed by atoms with E-state index in [1.54, 1.807) is 4.68 Å². The van der Waals surface area contributed by atoms with Crippen molar-refractivity contribution < 1.29 is 14.6 Å². The number of fused-ring (bicyclic) bond motifs is 1. The van der Waals surface area contributed by atoms with Crippen LogP contribution in [0.1, 0.15) is 24.8 Å². The highest BCUT2D eigenvalue weighted by Gasteiger charge is 2.30. The van der Waals surface area contributed by atoms with Crippen molar-refractivity contribution in [3.63, 3.8) is 0 Å². The first kappa shape index (κ1) is 23.1. The zero-order valence-electron chi connectivity index (χ0n) is 19.7. The predicted molar refractivity (Wildman–Crippen MR) is 137 cm³/mol. The molecule has 0 spiro atoms. The van der Waals surface area contributed by atoms with Gasteiger partial charge in [-0.15, -0.1) is 0 Å². The number of carbonyl (C=O) groups is 1. The molecule has 0 saturated heterocycles. The smallest absolute Gasteiger partial charge is 0.246 e. The van der Waals surface area contributed by atoms with Crippen LogP contribution in [0.4, 0.5) is 5.69 Å². The molecule has 0 bridgehead atoms. The molecule has 1 fully saturated rings. The van der Waals surface area contributed by atoms with E-state index in [-0.39, 0.29) is 18.4 Å². The summed E-state index contributed by atoms with van der Waals surface area (Å²) in [5, 5.41) is 19.0. The lowest BCUT2D eigenvalue weighted by Crippen LogP contribution is -2.25. The first-order valence-electron chi connectivity index (χ1n) is 12.3. The number of benzene rings is 3. The number of hydrogen-bond donors (Lipinski definition) is 2. The summed E-state index contributed by atoms with van der Waals surface area (Å²) in [6, 6.07) is 25.6. The molecule has 1 aliphatic rings. The van der Waals surface area contributed by atoms with Crippen LogP contribution in [0.3, 0.4) is 0 Å². The Morgan fingerprint density at radius 1 is 1.03 bits per heavy atom. The highest BCUT2D eigenvalue weighted by Crippen LogP contribution is 2.35. The third kappa shape index (κ3) is 6.08. The van der Waals surface area contributed by atoms with Gasteiger partial charge in [-0.3, -0.25) is 9.48 Å². The molecule has 6 nitrogen and oxygen atoms in total. The number of aliphatic hydroxyl groups excluding tert-OH is 1. The maximum Gasteiger partial charge on any atom is 0.246 e. The summed E-state index contributed by atoms with van der Waals surface area (Å²) in [6.07, 6.45) is 5.58. The normalized spacial score (nSPS) is 18.4. The maximum atomic E-state index is 12.5. The highest BCUT2D eigenvalue weighted by atomic mass is 16.5. The van der Waals surface area contributed by atoms with E-state index >= 15 is 0 Å². The molecule has 5 rings (SSSR count). The van der Waals surface area contributed by atoms with Crippen molar-refractivity contribution in [3.05, 3.63) is 90.6 Å². The highest BCUT2D eigenvalue weighted by molar-refractivity contribution is 5.90. The first-order valence-corrected chi connectivity index (χ1v) is 12.3. The first-order chi connectivity index (χ1) is 17.1. The number of aromatic nitrogens is 2. The minimum absolute atomic E-state index is 0.101. The van der Waals surface area contributed by atoms with Crippen LogP contribution in [0, 0.1) is 11.8 Å². The van der Waals surface area contributed by atoms with Gasteiger partial charge in [-0.05, 0) is 73.4 Å². The van der Waals surface area contributed by atoms with E-state index in [0.717, 1.165) is 48.0 Å². The number of carbonyl (C=O) groups excluding carboxylic acids is 1. The number of nitrogens with zero attached hydrogens (tertiary/aromatic N) is 2. The fraction of sp³-hybridized carbons (Fsp3) is 0.310. The van der Waals surface area contributed by atoms with Crippen LogP contribution >= 0.6 is 0 Å². The van der Waals surface area contributed by atoms with E-state index in [0.29, 0.717) is 12.5 Å². The molecule has 2 N–H and O–H groups in total. The van der Waals surface area contributed by atoms with Crippen LogP contribution in [0.25, 0.3) is 10.9 Å². The average molecular weight is 470 g/mol. The van der Waals surface area contributed by atoms with E-state index in [4.69, 9.17) is 4.74 Å². The van der Waals surface area contributed by atoms with Crippen LogP contribution in [-0.4, -0.2) is 33.5 Å². The van der Waals surface area contributed by atoms with Crippen molar-refractivity contribution in [1.82, 2.24) is 9.78 Å². The van der Waals surface area contributed by atoms with Crippen molar-refractivity contribution in [1.29, 1.82) is 0 Å². The van der Waals surface area contributed by atoms with Crippen molar-refractivity contribution in [2.24, 2.45) is 11.8 Å². The zero-order valence-corrected chi connectivity index (χ0v) is 19.7. The second-order valence-corrected chi connectivity index (χ2v) is 9.47. The van der Waals surface area contributed by atoms with Crippen molar-refractivity contribution in [3.8, 4) is 5.75 Å². The van der Waals surface area contributed by atoms with Gasteiger partial charge in [0.05, 0.1) is 11.6 Å². The lowest BCUT2D eigenvalue weighted by molar-refractivity contribution is -0.116. The summed E-state index contributed by atoms with van der Waals surface area (Å²) < 4.78 is 7.41. The van der Waals surface area contributed by atoms with Crippen molar-refractivity contribution in [2.45, 2.75) is 38.3 Å². The van der Waals surface area contributed by atoms with Gasteiger partial charge < -0.3 is 15.2 Å². The molecule has 1 amide bonds. The van der Waals surface area contributed by atoms with Gasteiger partial charge in [0.2, 0.25) is 5.91 Å². The number of rotatable bonds is 9. The molecule has 1 aliphatic carbocycles. The Bertz CT molecular complexity index is 1220. The summed E-state index contributed by atoms with van der Waals surface area (Å²) in [6.45, 7) is 0.514. The number of hydrogen-bond acceptors (Lipinski definition) is 4. The number of amides is 1. The van der Waals surface area contributed by atoms with Gasteiger partial charge in [0.1, 0.15) is 18.9 Å². The molecule has 4 aromatic rings. The second-order valence-electron chi connectivity index (χ2n) is 9.47. The van der Waals surface area contributed by atoms with Gasteiger partial charge in [0.25, 0.3) is 0 Å². The summed E-state index contributed by atoms with van der Waals surface area (Å²) in [7, 11) is 0. The summed E-state index contributed by atoms with van der Waals surface area (Å²) in [5.74, 6) is 1.53. The Morgan fingerprint density at radius 2 is 1.80 bits per heavy atom. The van der Waals surface area contributed by atoms with Crippen LogP contribution in [0.5, 0.6) is 5.75 Å². The topological polar surface area (TPSA) is 76.4 Å². The van der Waals surface area contributed by atoms with Crippen LogP contribution in [0.15, 0.2) is 85.1 Å². The number of aliphatic hydroxyl groups is 1. The summed E-state index contributed by atoms with van der Waals surface area (Å²) in [4.78, 5) is 12.5. The molecule has 6 heteroatoms. The van der Waals surface area contributed by atoms with Gasteiger partial charge in [-0.1, -0.05) is 48.5 Å². The maximum absolute atomic E-state index is 12.5. The third-order valence-corrected chi connectivity index (χ3v) is 6.82. The van der Waals surface area contributed by atoms with E-state index < -0.39 is 6.10 Å². The molecule has 0 aliphatic heterocycles. The van der Waals surface area contributed by atoms with Gasteiger partial charge in [0, 0.05) is 17.3 Å². The summed E-state index contributed by atoms with van der Waals surface area (Å²) in [5.41, 5.74) is 2.92. The van der Waals surface area contributed by atoms with Crippen LogP contribution in [-0.2, 0) is 17.8 Å². The van der Waals surface area contributed by atoms with E-state index in [1.165, 1.54) is 5.56 Å². The number of ether oxygens (including phenoxy) is 1. The Labute approximate surface area is 205 Å². The number of para-hydroxylation sites is 1. The molecule has 0 radical (unpaired) electrons. The average Bonchev–Trinajstić information content (AvgIpc) is 3.51. The summed E-state index contributed by atoms with van der Waals surface area (Å²) >= 11 is 0. The van der Waals surface area contributed by atoms with Crippen LogP contribution in [0.2, 0.25) is 0 Å². The minimum atomic E-state index is -0.440. The van der Waals surface area contributed by atoms with Crippen molar-refractivity contribution >= 4 is 22.5 Å². The van der Waals surface area contributed by atoms with Gasteiger partial charge >= 0.3 is 0 Å². The number of anilines is 1. The van der Waals surface area contributed by atoms with Crippen LogP contribution < -0.4 is 10.1 Å². The molecule has 0 unspecified atom stereocenters. The number of nitrogens with one attached hydrogen (secondary N) is 1. The largest absolute Gasteiger partial charge is 0.491 e. The molecule has 1 saturated carbocycles. The Kier molecular flexibility index (Phi) is 7.09. The second kappa shape index (κ2) is 10.7.